The van der Waals surface area contributed by atoms with Crippen LogP contribution in [-0.2, 0) is 6.54 Å². The summed E-state index contributed by atoms with van der Waals surface area (Å²) in [6.45, 7) is 1.33. The second-order valence-corrected chi connectivity index (χ2v) is 7.55. The van der Waals surface area contributed by atoms with Gasteiger partial charge in [0.15, 0.2) is 0 Å². The molecule has 0 spiro atoms. The largest absolute Gasteiger partial charge is 0.308 e. The molecule has 1 aliphatic heterocycles. The third-order valence-corrected chi connectivity index (χ3v) is 5.68. The molecule has 0 aliphatic carbocycles. The molecule has 3 heterocycles. The van der Waals surface area contributed by atoms with Crippen LogP contribution >= 0.6 is 0 Å². The quantitative estimate of drug-likeness (QED) is 0.443. The maximum atomic E-state index is 13.7. The summed E-state index contributed by atoms with van der Waals surface area (Å²) in [5.74, 6) is 0.604. The highest BCUT2D eigenvalue weighted by molar-refractivity contribution is 6.09. The molecule has 1 aliphatic rings. The van der Waals surface area contributed by atoms with E-state index in [9.17, 15) is 4.79 Å². The van der Waals surface area contributed by atoms with E-state index in [1.165, 1.54) is 0 Å². The van der Waals surface area contributed by atoms with E-state index in [4.69, 9.17) is 10.1 Å². The third kappa shape index (κ3) is 2.84. The normalized spacial score (nSPS) is 13.0. The topological polar surface area (TPSA) is 56.0 Å². The average molecular weight is 405 g/mol. The lowest BCUT2D eigenvalue weighted by atomic mass is 10.1. The van der Waals surface area contributed by atoms with Gasteiger partial charge in [0, 0.05) is 24.8 Å². The van der Waals surface area contributed by atoms with E-state index >= 15 is 0 Å². The predicted molar refractivity (Wildman–Crippen MR) is 120 cm³/mol. The van der Waals surface area contributed by atoms with E-state index < -0.39 is 0 Å². The van der Waals surface area contributed by atoms with Crippen molar-refractivity contribution in [3.63, 3.8) is 0 Å². The molecule has 0 saturated carbocycles. The number of aromatic nitrogens is 4. The molecule has 5 aromatic rings. The first kappa shape index (κ1) is 17.7. The van der Waals surface area contributed by atoms with E-state index in [0.717, 1.165) is 28.8 Å². The smallest absolute Gasteiger partial charge is 0.264 e. The number of rotatable bonds is 3. The van der Waals surface area contributed by atoms with Crippen molar-refractivity contribution >= 4 is 22.9 Å². The van der Waals surface area contributed by atoms with Crippen molar-refractivity contribution in [1.82, 2.24) is 19.3 Å². The van der Waals surface area contributed by atoms with E-state index in [0.29, 0.717) is 23.8 Å². The first-order chi connectivity index (χ1) is 15.3. The molecule has 6 rings (SSSR count). The molecule has 0 bridgehead atoms. The van der Waals surface area contributed by atoms with Crippen LogP contribution in [0, 0.1) is 0 Å². The molecule has 0 atom stereocenters. The average Bonchev–Trinajstić information content (AvgIpc) is 3.53. The number of hydrogen-bond acceptors (Lipinski definition) is 3. The number of carbonyl (C=O) groups excluding carboxylic acids is 1. The maximum absolute atomic E-state index is 13.7. The Hall–Kier alpha value is -4.19. The lowest BCUT2D eigenvalue weighted by Gasteiger charge is -2.13. The minimum Gasteiger partial charge on any atom is -0.308 e. The molecule has 2 aromatic heterocycles. The minimum atomic E-state index is -0.0879. The number of anilines is 1. The van der Waals surface area contributed by atoms with Crippen LogP contribution in [-0.4, -0.2) is 31.8 Å². The molecule has 0 saturated heterocycles. The Morgan fingerprint density at radius 2 is 1.52 bits per heavy atom. The lowest BCUT2D eigenvalue weighted by molar-refractivity contribution is 0.0989. The SMILES string of the molecule is O=C(c1cn(-c2ccccc2)nc1-c1ccccc1)N1CCn2c1nc1ccccc12. The Morgan fingerprint density at radius 1 is 0.806 bits per heavy atom. The van der Waals surface area contributed by atoms with Gasteiger partial charge in [0.1, 0.15) is 5.69 Å². The van der Waals surface area contributed by atoms with E-state index in [2.05, 4.69) is 4.57 Å². The van der Waals surface area contributed by atoms with Crippen molar-refractivity contribution in [2.75, 3.05) is 11.4 Å². The Labute approximate surface area is 179 Å². The molecular formula is C25H19N5O. The minimum absolute atomic E-state index is 0.0879. The van der Waals surface area contributed by atoms with Crippen LogP contribution in [0.15, 0.2) is 91.1 Å². The van der Waals surface area contributed by atoms with E-state index in [1.54, 1.807) is 9.58 Å². The van der Waals surface area contributed by atoms with E-state index in [-0.39, 0.29) is 5.91 Å². The van der Waals surface area contributed by atoms with Gasteiger partial charge in [0.25, 0.3) is 5.91 Å². The molecular weight excluding hydrogens is 386 g/mol. The van der Waals surface area contributed by atoms with Gasteiger partial charge in [-0.2, -0.15) is 5.10 Å². The number of imidazole rings is 1. The van der Waals surface area contributed by atoms with Crippen molar-refractivity contribution in [2.45, 2.75) is 6.54 Å². The van der Waals surface area contributed by atoms with E-state index in [1.807, 2.05) is 91.1 Å². The molecule has 150 valence electrons. The monoisotopic (exact) mass is 405 g/mol. The molecule has 31 heavy (non-hydrogen) atoms. The van der Waals surface area contributed by atoms with Gasteiger partial charge < -0.3 is 4.57 Å². The number of fused-ring (bicyclic) bond motifs is 3. The van der Waals surface area contributed by atoms with Crippen LogP contribution in [0.3, 0.4) is 0 Å². The van der Waals surface area contributed by atoms with Crippen LogP contribution in [0.25, 0.3) is 28.0 Å². The van der Waals surface area contributed by atoms with Gasteiger partial charge in [-0.3, -0.25) is 9.69 Å². The molecule has 0 fully saturated rings. The fourth-order valence-electron chi connectivity index (χ4n) is 4.18. The molecule has 0 radical (unpaired) electrons. The van der Waals surface area contributed by atoms with Crippen molar-refractivity contribution in [1.29, 1.82) is 0 Å². The number of para-hydroxylation sites is 3. The zero-order chi connectivity index (χ0) is 20.8. The molecule has 6 nitrogen and oxygen atoms in total. The van der Waals surface area contributed by atoms with Crippen LogP contribution in [0.1, 0.15) is 10.4 Å². The zero-order valence-corrected chi connectivity index (χ0v) is 16.7. The highest BCUT2D eigenvalue weighted by atomic mass is 16.2. The lowest BCUT2D eigenvalue weighted by Crippen LogP contribution is -2.29. The highest BCUT2D eigenvalue weighted by Gasteiger charge is 2.31. The Balaban J connectivity index is 1.47. The number of benzene rings is 3. The number of amides is 1. The molecule has 0 N–H and O–H groups in total. The van der Waals surface area contributed by atoms with Gasteiger partial charge in [-0.15, -0.1) is 0 Å². The van der Waals surface area contributed by atoms with Crippen LogP contribution < -0.4 is 4.90 Å². The Bertz CT molecular complexity index is 1400. The maximum Gasteiger partial charge on any atom is 0.264 e. The van der Waals surface area contributed by atoms with Crippen molar-refractivity contribution in [2.24, 2.45) is 0 Å². The van der Waals surface area contributed by atoms with Gasteiger partial charge in [0.2, 0.25) is 5.95 Å². The molecule has 3 aromatic carbocycles. The summed E-state index contributed by atoms with van der Waals surface area (Å²) in [5, 5.41) is 4.78. The molecule has 1 amide bonds. The number of nitrogens with zero attached hydrogens (tertiary/aromatic N) is 5. The first-order valence-electron chi connectivity index (χ1n) is 10.3. The Morgan fingerprint density at radius 3 is 2.32 bits per heavy atom. The molecule has 6 heteroatoms. The standard InChI is InChI=1S/C25H19N5O/c31-24(29-16-15-28-22-14-8-7-13-21(22)26-25(28)29)20-17-30(19-11-5-2-6-12-19)27-23(20)18-9-3-1-4-10-18/h1-14,17H,15-16H2. The number of carbonyl (C=O) groups is 1. The van der Waals surface area contributed by atoms with Crippen LogP contribution in [0.2, 0.25) is 0 Å². The van der Waals surface area contributed by atoms with Gasteiger partial charge in [-0.1, -0.05) is 60.7 Å². The van der Waals surface area contributed by atoms with Gasteiger partial charge >= 0.3 is 0 Å². The third-order valence-electron chi connectivity index (χ3n) is 5.68. The summed E-state index contributed by atoms with van der Waals surface area (Å²) in [7, 11) is 0. The van der Waals surface area contributed by atoms with Crippen LogP contribution in [0.4, 0.5) is 5.95 Å². The van der Waals surface area contributed by atoms with Crippen LogP contribution in [0.5, 0.6) is 0 Å². The summed E-state index contributed by atoms with van der Waals surface area (Å²) < 4.78 is 3.88. The van der Waals surface area contributed by atoms with Gasteiger partial charge in [-0.05, 0) is 24.3 Å². The summed E-state index contributed by atoms with van der Waals surface area (Å²) in [6.07, 6.45) is 1.82. The van der Waals surface area contributed by atoms with Crippen molar-refractivity contribution in [3.05, 3.63) is 96.7 Å². The Kier molecular flexibility index (Phi) is 3.96. The van der Waals surface area contributed by atoms with Crippen molar-refractivity contribution < 1.29 is 4.79 Å². The summed E-state index contributed by atoms with van der Waals surface area (Å²) in [5.41, 5.74) is 5.01. The summed E-state index contributed by atoms with van der Waals surface area (Å²) >= 11 is 0. The fraction of sp³-hybridized carbons (Fsp3) is 0.0800. The number of hydrogen-bond donors (Lipinski definition) is 0. The summed E-state index contributed by atoms with van der Waals surface area (Å²) in [4.78, 5) is 20.2. The van der Waals surface area contributed by atoms with Gasteiger partial charge in [0.05, 0.1) is 22.3 Å². The van der Waals surface area contributed by atoms with Crippen molar-refractivity contribution in [3.8, 4) is 16.9 Å². The van der Waals surface area contributed by atoms with Gasteiger partial charge in [-0.25, -0.2) is 9.67 Å². The highest BCUT2D eigenvalue weighted by Crippen LogP contribution is 2.31. The summed E-state index contributed by atoms with van der Waals surface area (Å²) in [6, 6.07) is 27.7. The molecule has 0 unspecified atom stereocenters. The first-order valence-corrected chi connectivity index (χ1v) is 10.3. The predicted octanol–water partition coefficient (Wildman–Crippen LogP) is 4.55. The second kappa shape index (κ2) is 6.95. The zero-order valence-electron chi connectivity index (χ0n) is 16.7. The fourth-order valence-corrected chi connectivity index (χ4v) is 4.18. The second-order valence-electron chi connectivity index (χ2n) is 7.55.